The van der Waals surface area contributed by atoms with Gasteiger partial charge in [-0.1, -0.05) is 88.7 Å². The van der Waals surface area contributed by atoms with Crippen LogP contribution in [-0.4, -0.2) is 16.8 Å². The summed E-state index contributed by atoms with van der Waals surface area (Å²) in [5.41, 5.74) is 2.71. The van der Waals surface area contributed by atoms with E-state index in [1.807, 2.05) is 0 Å². The lowest BCUT2D eigenvalue weighted by Crippen LogP contribution is -2.22. The third-order valence-electron chi connectivity index (χ3n) is 3.12. The molecule has 0 saturated heterocycles. The molecule has 0 saturated carbocycles. The Kier molecular flexibility index (Phi) is 6.55. The van der Waals surface area contributed by atoms with Crippen molar-refractivity contribution in [2.75, 3.05) is 11.9 Å². The van der Waals surface area contributed by atoms with Gasteiger partial charge in [0.1, 0.15) is 0 Å². The molecule has 2 rings (SSSR count). The lowest BCUT2D eigenvalue weighted by atomic mass is 10.1. The highest BCUT2D eigenvalue weighted by Gasteiger charge is 2.05. The normalized spacial score (nSPS) is 11.3. The van der Waals surface area contributed by atoms with E-state index in [1.54, 1.807) is 0 Å². The molecule has 0 unspecified atom stereocenters. The molecular weight excluding hydrogens is 311 g/mol. The molecule has 0 fully saturated rings. The van der Waals surface area contributed by atoms with Crippen LogP contribution in [0.3, 0.4) is 0 Å². The molecule has 0 aliphatic heterocycles. The van der Waals surface area contributed by atoms with E-state index in [2.05, 4.69) is 93.6 Å². The molecular formula is C18H20BrN. The molecule has 0 bridgehead atoms. The Balaban J connectivity index is 2.02. The van der Waals surface area contributed by atoms with Gasteiger partial charge in [0.25, 0.3) is 0 Å². The van der Waals surface area contributed by atoms with Crippen molar-refractivity contribution >= 4 is 15.9 Å². The fraction of sp³-hybridized carbons (Fsp3) is 0.222. The summed E-state index contributed by atoms with van der Waals surface area (Å²) in [6, 6.07) is 21.3. The van der Waals surface area contributed by atoms with Crippen LogP contribution in [0, 0.1) is 0 Å². The average molecular weight is 331 g/mol. The summed E-state index contributed by atoms with van der Waals surface area (Å²) >= 11 is 3.43. The van der Waals surface area contributed by atoms with E-state index in [1.165, 1.54) is 11.1 Å². The van der Waals surface area contributed by atoms with Gasteiger partial charge in [-0.25, -0.2) is 0 Å². The van der Waals surface area contributed by atoms with Gasteiger partial charge in [0.15, 0.2) is 0 Å². The Morgan fingerprint density at radius 1 is 0.750 bits per heavy atom. The largest absolute Gasteiger partial charge is 0.291 e. The maximum Gasteiger partial charge on any atom is 0.0240 e. The van der Waals surface area contributed by atoms with Gasteiger partial charge in [-0.15, -0.1) is 0 Å². The molecule has 0 amide bonds. The van der Waals surface area contributed by atoms with E-state index in [9.17, 15) is 0 Å². The zero-order valence-corrected chi connectivity index (χ0v) is 13.2. The van der Waals surface area contributed by atoms with Crippen molar-refractivity contribution in [3.63, 3.8) is 0 Å². The molecule has 0 aromatic heterocycles. The van der Waals surface area contributed by atoms with Gasteiger partial charge in [0.05, 0.1) is 0 Å². The van der Waals surface area contributed by atoms with Crippen LogP contribution in [0.2, 0.25) is 0 Å². The van der Waals surface area contributed by atoms with Gasteiger partial charge >= 0.3 is 0 Å². The highest BCUT2D eigenvalue weighted by atomic mass is 79.9. The van der Waals surface area contributed by atoms with Crippen molar-refractivity contribution in [3.05, 3.63) is 83.9 Å². The van der Waals surface area contributed by atoms with Crippen molar-refractivity contribution in [1.82, 2.24) is 4.90 Å². The second-order valence-electron chi connectivity index (χ2n) is 4.77. The number of nitrogens with zero attached hydrogens (tertiary/aromatic N) is 1. The van der Waals surface area contributed by atoms with E-state index < -0.39 is 0 Å². The van der Waals surface area contributed by atoms with E-state index in [4.69, 9.17) is 0 Å². The second-order valence-corrected chi connectivity index (χ2v) is 5.41. The highest BCUT2D eigenvalue weighted by Crippen LogP contribution is 2.10. The van der Waals surface area contributed by atoms with Gasteiger partial charge in [-0.2, -0.15) is 0 Å². The molecule has 104 valence electrons. The van der Waals surface area contributed by atoms with Crippen LogP contribution >= 0.6 is 15.9 Å². The van der Waals surface area contributed by atoms with E-state index in [0.29, 0.717) is 0 Å². The average Bonchev–Trinajstić information content (AvgIpc) is 2.49. The van der Waals surface area contributed by atoms with Crippen molar-refractivity contribution < 1.29 is 0 Å². The lowest BCUT2D eigenvalue weighted by Gasteiger charge is -2.21. The Morgan fingerprint density at radius 2 is 1.25 bits per heavy atom. The monoisotopic (exact) mass is 330 g/mol. The number of benzene rings is 2. The lowest BCUT2D eigenvalue weighted by molar-refractivity contribution is 0.286. The number of hydrogen-bond donors (Lipinski definition) is 0. The predicted molar refractivity (Wildman–Crippen MR) is 89.9 cm³/mol. The van der Waals surface area contributed by atoms with Crippen LogP contribution in [0.4, 0.5) is 0 Å². The van der Waals surface area contributed by atoms with Crippen LogP contribution in [0.25, 0.3) is 0 Å². The van der Waals surface area contributed by atoms with Crippen LogP contribution in [0.15, 0.2) is 72.8 Å². The molecule has 2 heteroatoms. The third kappa shape index (κ3) is 5.32. The molecule has 0 aliphatic carbocycles. The number of alkyl halides is 1. The van der Waals surface area contributed by atoms with E-state index >= 15 is 0 Å². The Labute approximate surface area is 130 Å². The number of allylic oxidation sites excluding steroid dienone is 1. The minimum atomic E-state index is 0.914. The van der Waals surface area contributed by atoms with Crippen LogP contribution in [0.1, 0.15) is 11.1 Å². The van der Waals surface area contributed by atoms with Gasteiger partial charge in [-0.3, -0.25) is 4.90 Å². The Hall–Kier alpha value is -1.38. The van der Waals surface area contributed by atoms with Gasteiger partial charge in [-0.05, 0) is 11.1 Å². The van der Waals surface area contributed by atoms with Gasteiger partial charge < -0.3 is 0 Å². The van der Waals surface area contributed by atoms with Gasteiger partial charge in [0, 0.05) is 25.0 Å². The highest BCUT2D eigenvalue weighted by molar-refractivity contribution is 9.09. The summed E-state index contributed by atoms with van der Waals surface area (Å²) in [5.74, 6) is 0. The number of halogens is 1. The molecule has 0 heterocycles. The first-order valence-corrected chi connectivity index (χ1v) is 8.02. The predicted octanol–water partition coefficient (Wildman–Crippen LogP) is 4.64. The molecule has 0 spiro atoms. The van der Waals surface area contributed by atoms with Crippen molar-refractivity contribution in [3.8, 4) is 0 Å². The quantitative estimate of drug-likeness (QED) is 0.406. The SMILES string of the molecule is BrC/[13CH]=C\CN(Cc1ccccc1)Cc1ccccc1. The standard InChI is InChI=1S/C18H20BrN/c19-13-7-8-14-20(15-17-9-3-1-4-10-17)16-18-11-5-2-6-12-18/h1-12H,13-16H2/b8-7-/i7+1. The summed E-state index contributed by atoms with van der Waals surface area (Å²) in [7, 11) is 0. The zero-order chi connectivity index (χ0) is 14.0. The second kappa shape index (κ2) is 8.72. The minimum Gasteiger partial charge on any atom is -0.291 e. The summed E-state index contributed by atoms with van der Waals surface area (Å²) < 4.78 is 0. The van der Waals surface area contributed by atoms with Crippen LogP contribution in [0.5, 0.6) is 0 Å². The maximum absolute atomic E-state index is 3.43. The first-order chi connectivity index (χ1) is 9.88. The number of rotatable bonds is 7. The van der Waals surface area contributed by atoms with E-state index in [-0.39, 0.29) is 0 Å². The first-order valence-electron chi connectivity index (χ1n) is 6.89. The summed E-state index contributed by atoms with van der Waals surface area (Å²) in [6.07, 6.45) is 4.38. The van der Waals surface area contributed by atoms with E-state index in [0.717, 1.165) is 25.0 Å². The van der Waals surface area contributed by atoms with Gasteiger partial charge in [0.2, 0.25) is 0 Å². The maximum atomic E-state index is 3.43. The van der Waals surface area contributed by atoms with Crippen LogP contribution < -0.4 is 0 Å². The zero-order valence-electron chi connectivity index (χ0n) is 11.6. The van der Waals surface area contributed by atoms with Crippen molar-refractivity contribution in [1.29, 1.82) is 0 Å². The molecule has 2 aromatic carbocycles. The molecule has 0 aliphatic rings. The molecule has 0 radical (unpaired) electrons. The third-order valence-corrected chi connectivity index (χ3v) is 3.49. The Morgan fingerprint density at radius 3 is 1.70 bits per heavy atom. The summed E-state index contributed by atoms with van der Waals surface area (Å²) in [4.78, 5) is 2.45. The fourth-order valence-electron chi connectivity index (χ4n) is 2.15. The topological polar surface area (TPSA) is 3.24 Å². The molecule has 1 nitrogen and oxygen atoms in total. The van der Waals surface area contributed by atoms with Crippen molar-refractivity contribution in [2.45, 2.75) is 13.1 Å². The minimum absolute atomic E-state index is 0.914. The molecule has 2 aromatic rings. The van der Waals surface area contributed by atoms with Crippen LogP contribution in [-0.2, 0) is 13.1 Å². The molecule has 20 heavy (non-hydrogen) atoms. The Bertz CT molecular complexity index is 466. The smallest absolute Gasteiger partial charge is 0.0240 e. The summed E-state index contributed by atoms with van der Waals surface area (Å²) in [6.45, 7) is 2.92. The first kappa shape index (κ1) is 15.0. The molecule has 0 N–H and O–H groups in total. The fourth-order valence-corrected chi connectivity index (χ4v) is 2.42. The van der Waals surface area contributed by atoms with Crippen molar-refractivity contribution in [2.24, 2.45) is 0 Å². The number of hydrogen-bond acceptors (Lipinski definition) is 1. The summed E-state index contributed by atoms with van der Waals surface area (Å²) in [5, 5.41) is 0.914. The molecule has 0 atom stereocenters.